The van der Waals surface area contributed by atoms with Crippen molar-refractivity contribution in [3.8, 4) is 11.6 Å². The summed E-state index contributed by atoms with van der Waals surface area (Å²) in [6.07, 6.45) is 6.61. The maximum absolute atomic E-state index is 14.4. The number of carbonyl (C=O) groups excluding carboxylic acids is 3. The predicted octanol–water partition coefficient (Wildman–Crippen LogP) is 2.51. The summed E-state index contributed by atoms with van der Waals surface area (Å²) in [6.45, 7) is 3.88. The van der Waals surface area contributed by atoms with Gasteiger partial charge in [-0.25, -0.2) is 23.2 Å². The first-order valence-corrected chi connectivity index (χ1v) is 18.7. The number of rotatable bonds is 8. The molecule has 0 spiro atoms. The minimum absolute atomic E-state index is 0.00475. The summed E-state index contributed by atoms with van der Waals surface area (Å²) in [5.41, 5.74) is -0.967. The zero-order valence-corrected chi connectivity index (χ0v) is 29.1. The Morgan fingerprint density at radius 3 is 2.64 bits per heavy atom. The number of aromatic nitrogens is 2. The van der Waals surface area contributed by atoms with E-state index < -0.39 is 68.7 Å². The Morgan fingerprint density at radius 2 is 1.94 bits per heavy atom. The number of fused-ring (bicyclic) bond motifs is 3. The molecule has 4 N–H and O–H groups in total. The second kappa shape index (κ2) is 14.0. The number of allylic oxidation sites excluding steroid dienone is 1. The molecule has 2 aliphatic heterocycles. The van der Waals surface area contributed by atoms with Crippen molar-refractivity contribution in [3.05, 3.63) is 36.7 Å². The number of methoxy groups -OCH3 is 1. The fourth-order valence-electron chi connectivity index (χ4n) is 7.24. The highest BCUT2D eigenvalue weighted by Crippen LogP contribution is 2.46. The first kappa shape index (κ1) is 35.4. The molecule has 1 aromatic heterocycles. The Balaban J connectivity index is 1.34. The molecule has 7 unspecified atom stereocenters. The summed E-state index contributed by atoms with van der Waals surface area (Å²) in [7, 11) is -2.36. The maximum Gasteiger partial charge on any atom is 0.405 e. The summed E-state index contributed by atoms with van der Waals surface area (Å²) in [4.78, 5) is 64.3. The summed E-state index contributed by atoms with van der Waals surface area (Å²) in [6, 6.07) is 2.90. The molecule has 2 aromatic rings. The van der Waals surface area contributed by atoms with E-state index >= 15 is 0 Å². The van der Waals surface area contributed by atoms with Gasteiger partial charge in [0.1, 0.15) is 35.8 Å². The van der Waals surface area contributed by atoms with Crippen LogP contribution in [0.15, 0.2) is 36.7 Å². The molecule has 0 bridgehead atoms. The summed E-state index contributed by atoms with van der Waals surface area (Å²) >= 11 is 0. The van der Waals surface area contributed by atoms with E-state index in [0.717, 1.165) is 6.42 Å². The third kappa shape index (κ3) is 7.35. The Hall–Kier alpha value is -4.47. The van der Waals surface area contributed by atoms with E-state index in [2.05, 4.69) is 25.3 Å². The quantitative estimate of drug-likeness (QED) is 0.293. The number of nitrogens with one attached hydrogen (secondary N) is 3. The molecule has 2 aliphatic carbocycles. The monoisotopic (exact) mass is 712 g/mol. The first-order valence-electron chi connectivity index (χ1n) is 17.1. The van der Waals surface area contributed by atoms with Gasteiger partial charge in [-0.1, -0.05) is 32.4 Å². The molecule has 1 saturated heterocycles. The lowest BCUT2D eigenvalue weighted by Crippen LogP contribution is -2.59. The molecule has 4 amide bonds. The van der Waals surface area contributed by atoms with Crippen molar-refractivity contribution in [2.24, 2.45) is 17.8 Å². The van der Waals surface area contributed by atoms with Crippen molar-refractivity contribution in [2.75, 3.05) is 13.7 Å². The van der Waals surface area contributed by atoms with Crippen LogP contribution in [-0.4, -0.2) is 94.8 Å². The molecule has 270 valence electrons. The normalized spacial score (nSPS) is 30.3. The molecule has 50 heavy (non-hydrogen) atoms. The molecule has 3 heterocycles. The van der Waals surface area contributed by atoms with Crippen LogP contribution >= 0.6 is 0 Å². The van der Waals surface area contributed by atoms with Crippen LogP contribution in [0.4, 0.5) is 4.79 Å². The Bertz CT molecular complexity index is 1800. The van der Waals surface area contributed by atoms with E-state index in [0.29, 0.717) is 48.8 Å². The summed E-state index contributed by atoms with van der Waals surface area (Å²) in [5.74, 6) is -1.92. The minimum atomic E-state index is -3.90. The van der Waals surface area contributed by atoms with Gasteiger partial charge in [0.2, 0.25) is 27.7 Å². The number of hydrogen-bond donors (Lipinski definition) is 4. The van der Waals surface area contributed by atoms with Crippen LogP contribution in [0.5, 0.6) is 11.6 Å². The van der Waals surface area contributed by atoms with E-state index in [1.165, 1.54) is 18.3 Å². The molecular weight excluding hydrogens is 668 g/mol. The average Bonchev–Trinajstić information content (AvgIpc) is 4.01. The fraction of sp³-hybridized carbons (Fsp3) is 0.588. The molecule has 15 nitrogen and oxygen atoms in total. The van der Waals surface area contributed by atoms with Crippen molar-refractivity contribution in [2.45, 2.75) is 94.2 Å². The second-order valence-corrected chi connectivity index (χ2v) is 15.9. The van der Waals surface area contributed by atoms with E-state index in [4.69, 9.17) is 9.47 Å². The van der Waals surface area contributed by atoms with Gasteiger partial charge in [0.25, 0.3) is 5.91 Å². The topological polar surface area (TPSA) is 206 Å². The largest absolute Gasteiger partial charge is 0.497 e. The lowest BCUT2D eigenvalue weighted by molar-refractivity contribution is -0.142. The van der Waals surface area contributed by atoms with E-state index in [-0.39, 0.29) is 37.1 Å². The molecule has 7 atom stereocenters. The van der Waals surface area contributed by atoms with E-state index in [9.17, 15) is 32.7 Å². The molecule has 16 heteroatoms. The number of benzene rings is 1. The van der Waals surface area contributed by atoms with Crippen LogP contribution in [0, 0.1) is 17.8 Å². The SMILES string of the molecule is CCC1CC(C)CCC=CC2CC2(C(=O)NS(=O)(=O)C2CC2)NC(=O)C2CC(Oc3ncnc4cc(OC)ccc34)CN2C(=O)C1NC(=O)O. The van der Waals surface area contributed by atoms with Crippen LogP contribution in [0.25, 0.3) is 10.9 Å². The van der Waals surface area contributed by atoms with Crippen molar-refractivity contribution in [1.82, 2.24) is 30.2 Å². The van der Waals surface area contributed by atoms with Gasteiger partial charge < -0.3 is 30.1 Å². The number of amides is 4. The van der Waals surface area contributed by atoms with Crippen molar-refractivity contribution < 1.29 is 42.2 Å². The van der Waals surface area contributed by atoms with Crippen LogP contribution in [0.2, 0.25) is 0 Å². The molecule has 4 aliphatic rings. The summed E-state index contributed by atoms with van der Waals surface area (Å²) < 4.78 is 39.4. The predicted molar refractivity (Wildman–Crippen MR) is 181 cm³/mol. The van der Waals surface area contributed by atoms with Crippen LogP contribution in [0.1, 0.15) is 65.2 Å². The zero-order chi connectivity index (χ0) is 35.8. The minimum Gasteiger partial charge on any atom is -0.497 e. The van der Waals surface area contributed by atoms with Crippen LogP contribution < -0.4 is 24.8 Å². The van der Waals surface area contributed by atoms with Crippen molar-refractivity contribution >= 4 is 44.7 Å². The number of carboxylic acid groups (broad SMARTS) is 1. The van der Waals surface area contributed by atoms with Crippen LogP contribution in [0.3, 0.4) is 0 Å². The number of ether oxygens (including phenoxy) is 2. The highest BCUT2D eigenvalue weighted by molar-refractivity contribution is 7.91. The third-order valence-electron chi connectivity index (χ3n) is 10.3. The Morgan fingerprint density at radius 1 is 1.16 bits per heavy atom. The zero-order valence-electron chi connectivity index (χ0n) is 28.3. The van der Waals surface area contributed by atoms with Gasteiger partial charge in [0, 0.05) is 18.4 Å². The smallest absolute Gasteiger partial charge is 0.405 e. The van der Waals surface area contributed by atoms with Crippen molar-refractivity contribution in [3.63, 3.8) is 0 Å². The second-order valence-electron chi connectivity index (χ2n) is 13.9. The molecule has 6 rings (SSSR count). The van der Waals surface area contributed by atoms with Gasteiger partial charge in [-0.15, -0.1) is 0 Å². The Labute approximate surface area is 290 Å². The standard InChI is InChI=1S/C34H44N6O9S/c1-4-20-13-19(2)7-5-6-8-21-16-34(21,32(43)39-50(46,47)24-10-11-24)38-29(41)27-15-23(17-40(27)31(42)28(20)37-33(44)45)49-30-25-12-9-22(48-3)14-26(25)35-18-36-30/h6,8-9,12,14,18-21,23-24,27-28,37H,4-5,7,10-11,13,15-17H2,1-3H3,(H,38,41)(H,39,43)(H,44,45). The highest BCUT2D eigenvalue weighted by Gasteiger charge is 2.62. The lowest BCUT2D eigenvalue weighted by atomic mass is 9.85. The van der Waals surface area contributed by atoms with Gasteiger partial charge in [0.15, 0.2) is 0 Å². The first-order chi connectivity index (χ1) is 23.8. The third-order valence-corrected chi connectivity index (χ3v) is 12.2. The maximum atomic E-state index is 14.4. The average molecular weight is 713 g/mol. The van der Waals surface area contributed by atoms with Gasteiger partial charge in [-0.2, -0.15) is 0 Å². The van der Waals surface area contributed by atoms with E-state index in [1.54, 1.807) is 18.2 Å². The summed E-state index contributed by atoms with van der Waals surface area (Å²) in [5, 5.41) is 15.0. The molecule has 1 aromatic carbocycles. The van der Waals surface area contributed by atoms with Crippen LogP contribution in [-0.2, 0) is 24.4 Å². The molecule has 0 radical (unpaired) electrons. The number of carbonyl (C=O) groups is 4. The van der Waals surface area contributed by atoms with Gasteiger partial charge in [-0.05, 0) is 62.5 Å². The van der Waals surface area contributed by atoms with Crippen molar-refractivity contribution in [1.29, 1.82) is 0 Å². The molecule has 2 saturated carbocycles. The number of nitrogens with zero attached hydrogens (tertiary/aromatic N) is 3. The lowest BCUT2D eigenvalue weighted by Gasteiger charge is -2.33. The highest BCUT2D eigenvalue weighted by atomic mass is 32.2. The van der Waals surface area contributed by atoms with Gasteiger partial charge in [-0.3, -0.25) is 19.1 Å². The number of sulfonamides is 1. The number of hydrogen-bond acceptors (Lipinski definition) is 10. The molecular formula is C34H44N6O9S. The van der Waals surface area contributed by atoms with Gasteiger partial charge >= 0.3 is 6.09 Å². The fourth-order valence-corrected chi connectivity index (χ4v) is 8.60. The van der Waals surface area contributed by atoms with Gasteiger partial charge in [0.05, 0.1) is 29.8 Å². The van der Waals surface area contributed by atoms with E-state index in [1.807, 2.05) is 26.0 Å². The molecule has 3 fully saturated rings. The Kier molecular flexibility index (Phi) is 9.93.